The van der Waals surface area contributed by atoms with Gasteiger partial charge in [0.25, 0.3) is 11.6 Å². The zero-order chi connectivity index (χ0) is 39.6. The maximum Gasteiger partial charge on any atom is 0.407 e. The van der Waals surface area contributed by atoms with Gasteiger partial charge in [-0.05, 0) is 55.0 Å². The number of anilines is 1. The highest BCUT2D eigenvalue weighted by atomic mass is 32.2. The van der Waals surface area contributed by atoms with E-state index in [9.17, 15) is 38.2 Å². The van der Waals surface area contributed by atoms with Crippen molar-refractivity contribution in [2.45, 2.75) is 43.2 Å². The Hall–Kier alpha value is -5.16. The number of aryl methyl sites for hydroxylation is 1. The predicted octanol–water partition coefficient (Wildman–Crippen LogP) is 0.580. The van der Waals surface area contributed by atoms with Crippen LogP contribution < -0.4 is 26.5 Å². The Balaban J connectivity index is 1.14. The molecule has 2 heterocycles. The Morgan fingerprint density at radius 2 is 1.73 bits per heavy atom. The molecule has 0 aromatic heterocycles. The SMILES string of the molecule is NC(=NCCC[C@H](NS(=O)(=O)c1cccc2c1NCCC2)C(=O)N1CCN(CCOCCOCCNC(=O)OCc2ccc([N+](=O)[O-])cc2)CC1)N[N+](=O)[O-]. The lowest BCUT2D eigenvalue weighted by Gasteiger charge is -2.36. The molecule has 4 rings (SSSR count). The molecule has 0 unspecified atom stereocenters. The number of sulfonamides is 1. The number of fused-ring (bicyclic) bond motifs is 1. The van der Waals surface area contributed by atoms with Crippen LogP contribution in [0.15, 0.2) is 52.4 Å². The zero-order valence-electron chi connectivity index (χ0n) is 30.4. The molecule has 0 saturated carbocycles. The molecule has 2 aliphatic rings. The number of nitro groups is 2. The number of hydrogen-bond acceptors (Lipinski definition) is 14. The fourth-order valence-corrected chi connectivity index (χ4v) is 7.33. The number of nitrogens with zero attached hydrogens (tertiary/aromatic N) is 5. The van der Waals surface area contributed by atoms with Crippen LogP contribution in [0.1, 0.15) is 30.4 Å². The molecule has 0 aliphatic carbocycles. The van der Waals surface area contributed by atoms with Crippen molar-refractivity contribution in [2.75, 3.05) is 84.1 Å². The van der Waals surface area contributed by atoms with Crippen molar-refractivity contribution < 1.29 is 42.2 Å². The van der Waals surface area contributed by atoms with Crippen molar-refractivity contribution in [3.05, 3.63) is 73.8 Å². The molecule has 1 atom stereocenters. The average Bonchev–Trinajstić information content (AvgIpc) is 3.17. The molecule has 0 spiro atoms. The molecule has 1 fully saturated rings. The fraction of sp³-hybridized carbons (Fsp3) is 0.545. The van der Waals surface area contributed by atoms with E-state index in [1.54, 1.807) is 16.4 Å². The number of para-hydroxylation sites is 1. The van der Waals surface area contributed by atoms with Gasteiger partial charge in [0.1, 0.15) is 17.5 Å². The molecular weight excluding hydrogens is 744 g/mol. The van der Waals surface area contributed by atoms with Crippen LogP contribution in [0.2, 0.25) is 0 Å². The van der Waals surface area contributed by atoms with Crippen molar-refractivity contribution in [2.24, 2.45) is 10.7 Å². The molecule has 2 amide bonds. The predicted molar refractivity (Wildman–Crippen MR) is 199 cm³/mol. The van der Waals surface area contributed by atoms with Crippen molar-refractivity contribution in [3.8, 4) is 0 Å². The van der Waals surface area contributed by atoms with Gasteiger partial charge in [0.05, 0.1) is 37.0 Å². The third kappa shape index (κ3) is 14.2. The first-order valence-electron chi connectivity index (χ1n) is 17.8. The number of aliphatic imine (C=N–C) groups is 1. The topological polar surface area (TPSA) is 275 Å². The Morgan fingerprint density at radius 3 is 2.44 bits per heavy atom. The second-order valence-electron chi connectivity index (χ2n) is 12.6. The molecule has 0 radical (unpaired) electrons. The first kappa shape index (κ1) is 42.6. The minimum absolute atomic E-state index is 0.0264. The normalized spacial score (nSPS) is 15.3. The second-order valence-corrected chi connectivity index (χ2v) is 14.3. The third-order valence-electron chi connectivity index (χ3n) is 8.70. The molecule has 6 N–H and O–H groups in total. The Bertz CT molecular complexity index is 1740. The number of guanidine groups is 1. The number of hydrazine groups is 1. The van der Waals surface area contributed by atoms with Crippen LogP contribution >= 0.6 is 0 Å². The number of ether oxygens (including phenoxy) is 3. The van der Waals surface area contributed by atoms with Gasteiger partial charge in [0, 0.05) is 64.5 Å². The molecular formula is C33H48N10O11S. The number of benzene rings is 2. The van der Waals surface area contributed by atoms with E-state index in [0.717, 1.165) is 18.4 Å². The van der Waals surface area contributed by atoms with Crippen LogP contribution in [0, 0.1) is 20.2 Å². The number of hydrogen-bond donors (Lipinski definition) is 5. The highest BCUT2D eigenvalue weighted by Gasteiger charge is 2.32. The Morgan fingerprint density at radius 1 is 1.00 bits per heavy atom. The number of non-ortho nitro benzene ring substituents is 1. The van der Waals surface area contributed by atoms with Gasteiger partial charge in [0.2, 0.25) is 15.9 Å². The highest BCUT2D eigenvalue weighted by molar-refractivity contribution is 7.89. The summed E-state index contributed by atoms with van der Waals surface area (Å²) in [6.45, 7) is 4.67. The molecule has 21 nitrogen and oxygen atoms in total. The van der Waals surface area contributed by atoms with E-state index in [0.29, 0.717) is 70.3 Å². The summed E-state index contributed by atoms with van der Waals surface area (Å²) >= 11 is 0. The maximum atomic E-state index is 13.8. The third-order valence-corrected chi connectivity index (χ3v) is 10.2. The first-order valence-corrected chi connectivity index (χ1v) is 19.3. The van der Waals surface area contributed by atoms with Gasteiger partial charge in [-0.1, -0.05) is 17.6 Å². The molecule has 2 aromatic carbocycles. The number of nitrogens with one attached hydrogen (secondary N) is 4. The van der Waals surface area contributed by atoms with Gasteiger partial charge < -0.3 is 35.5 Å². The number of rotatable bonds is 21. The summed E-state index contributed by atoms with van der Waals surface area (Å²) in [5.74, 6) is -0.766. The van der Waals surface area contributed by atoms with Gasteiger partial charge in [-0.2, -0.15) is 4.72 Å². The Kier molecular flexibility index (Phi) is 16.8. The molecule has 55 heavy (non-hydrogen) atoms. The summed E-state index contributed by atoms with van der Waals surface area (Å²) in [6, 6.07) is 9.67. The summed E-state index contributed by atoms with van der Waals surface area (Å²) in [5.41, 5.74) is 9.24. The minimum atomic E-state index is -4.11. The largest absolute Gasteiger partial charge is 0.445 e. The summed E-state index contributed by atoms with van der Waals surface area (Å²) in [5, 5.41) is 26.2. The van der Waals surface area contributed by atoms with E-state index in [4.69, 9.17) is 19.9 Å². The van der Waals surface area contributed by atoms with Gasteiger partial charge in [-0.15, -0.1) is 0 Å². The monoisotopic (exact) mass is 792 g/mol. The summed E-state index contributed by atoms with van der Waals surface area (Å²) in [7, 11) is -4.11. The quantitative estimate of drug-likeness (QED) is 0.0380. The number of nitro benzene ring substituents is 1. The minimum Gasteiger partial charge on any atom is -0.445 e. The van der Waals surface area contributed by atoms with Crippen LogP contribution in [0.4, 0.5) is 16.2 Å². The molecule has 302 valence electrons. The lowest BCUT2D eigenvalue weighted by atomic mass is 10.0. The smallest absolute Gasteiger partial charge is 0.407 e. The summed E-state index contributed by atoms with van der Waals surface area (Å²) in [4.78, 5) is 54.2. The van der Waals surface area contributed by atoms with Crippen molar-refractivity contribution in [1.29, 1.82) is 0 Å². The van der Waals surface area contributed by atoms with Gasteiger partial charge in [-0.25, -0.2) is 28.3 Å². The van der Waals surface area contributed by atoms with Crippen LogP contribution in [0.3, 0.4) is 0 Å². The van der Waals surface area contributed by atoms with E-state index in [2.05, 4.69) is 25.2 Å². The van der Waals surface area contributed by atoms with E-state index >= 15 is 0 Å². The second kappa shape index (κ2) is 21.7. The summed E-state index contributed by atoms with van der Waals surface area (Å²) in [6.07, 6.45) is 1.31. The molecule has 1 saturated heterocycles. The first-order chi connectivity index (χ1) is 26.4. The average molecular weight is 793 g/mol. The molecule has 0 bridgehead atoms. The molecule has 2 aliphatic heterocycles. The number of carbonyl (C=O) groups excluding carboxylic acids is 2. The van der Waals surface area contributed by atoms with Crippen LogP contribution in [-0.2, 0) is 42.1 Å². The highest BCUT2D eigenvalue weighted by Crippen LogP contribution is 2.29. The number of amides is 2. The van der Waals surface area contributed by atoms with E-state index in [1.807, 2.05) is 6.07 Å². The van der Waals surface area contributed by atoms with Crippen molar-refractivity contribution in [3.63, 3.8) is 0 Å². The number of nitrogens with two attached hydrogens (primary N) is 1. The van der Waals surface area contributed by atoms with Gasteiger partial charge >= 0.3 is 6.09 Å². The van der Waals surface area contributed by atoms with Crippen LogP contribution in [0.5, 0.6) is 0 Å². The number of piperazine rings is 1. The van der Waals surface area contributed by atoms with Crippen LogP contribution in [-0.4, -0.2) is 131 Å². The lowest BCUT2D eigenvalue weighted by Crippen LogP contribution is -2.55. The summed E-state index contributed by atoms with van der Waals surface area (Å²) < 4.78 is 46.2. The number of alkyl carbamates (subject to hydrolysis) is 1. The molecule has 2 aromatic rings. The Labute approximate surface area is 318 Å². The fourth-order valence-electron chi connectivity index (χ4n) is 5.88. The van der Waals surface area contributed by atoms with E-state index < -0.39 is 38.1 Å². The standard InChI is InChI=1S/C33H48N10O11S/c34-32(38-43(48)49)36-13-3-6-28(39-55(50,51)29-7-1-4-26-5-2-12-35-30(26)29)31(44)41-17-15-40(16-18-41)19-21-53-23-22-52-20-14-37-33(45)54-24-25-8-10-27(11-9-25)42(46)47/h1,4,7-11,28,35,39H,2-3,5-6,12-24H2,(H,37,45)(H3,34,36,38)/t28-/m0/s1. The number of carbonyl (C=O) groups is 2. The zero-order valence-corrected chi connectivity index (χ0v) is 31.2. The van der Waals surface area contributed by atoms with E-state index in [1.165, 1.54) is 30.3 Å². The van der Waals surface area contributed by atoms with Gasteiger partial charge in [0.15, 0.2) is 5.03 Å². The van der Waals surface area contributed by atoms with Crippen molar-refractivity contribution in [1.82, 2.24) is 25.3 Å². The molecule has 22 heteroatoms. The van der Waals surface area contributed by atoms with Crippen LogP contribution in [0.25, 0.3) is 0 Å². The lowest BCUT2D eigenvalue weighted by molar-refractivity contribution is -0.525. The maximum absolute atomic E-state index is 13.8. The van der Waals surface area contributed by atoms with E-state index in [-0.39, 0.29) is 55.6 Å². The van der Waals surface area contributed by atoms with Gasteiger partial charge in [-0.3, -0.25) is 19.8 Å². The van der Waals surface area contributed by atoms with Crippen molar-refractivity contribution >= 4 is 39.4 Å².